The highest BCUT2D eigenvalue weighted by Crippen LogP contribution is 2.38. The van der Waals surface area contributed by atoms with Crippen LogP contribution in [0.15, 0.2) is 24.3 Å². The van der Waals surface area contributed by atoms with Crippen LogP contribution in [0.1, 0.15) is 46.1 Å². The summed E-state index contributed by atoms with van der Waals surface area (Å²) in [7, 11) is 0. The van der Waals surface area contributed by atoms with Gasteiger partial charge in [-0.3, -0.25) is 4.90 Å². The van der Waals surface area contributed by atoms with Gasteiger partial charge in [0.2, 0.25) is 0 Å². The summed E-state index contributed by atoms with van der Waals surface area (Å²) in [6.07, 6.45) is 0.603. The van der Waals surface area contributed by atoms with Gasteiger partial charge in [-0.1, -0.05) is 17.7 Å². The topological polar surface area (TPSA) is 52.9 Å². The molecule has 1 heterocycles. The second-order valence-electron chi connectivity index (χ2n) is 8.08. The summed E-state index contributed by atoms with van der Waals surface area (Å²) in [4.78, 5) is 2.30. The molecule has 0 amide bonds. The van der Waals surface area contributed by atoms with Crippen LogP contribution < -0.4 is 4.74 Å². The molecule has 4 heteroatoms. The van der Waals surface area contributed by atoms with Crippen molar-refractivity contribution >= 4 is 0 Å². The summed E-state index contributed by atoms with van der Waals surface area (Å²) >= 11 is 0. The van der Waals surface area contributed by atoms with Gasteiger partial charge in [-0.25, -0.2) is 0 Å². The lowest BCUT2D eigenvalue weighted by Gasteiger charge is -2.54. The first kappa shape index (κ1) is 18.2. The maximum Gasteiger partial charge on any atom is 0.119 e. The Morgan fingerprint density at radius 3 is 2.17 bits per heavy atom. The predicted molar refractivity (Wildman–Crippen MR) is 92.8 cm³/mol. The van der Waals surface area contributed by atoms with E-state index in [0.717, 1.165) is 18.6 Å². The molecule has 0 aromatic heterocycles. The van der Waals surface area contributed by atoms with Crippen LogP contribution >= 0.6 is 0 Å². The molecule has 1 fully saturated rings. The molecule has 0 aliphatic carbocycles. The van der Waals surface area contributed by atoms with Gasteiger partial charge in [-0.2, -0.15) is 0 Å². The first-order valence-corrected chi connectivity index (χ1v) is 8.43. The summed E-state index contributed by atoms with van der Waals surface area (Å²) < 4.78 is 5.70. The number of hydrogen-bond acceptors (Lipinski definition) is 4. The van der Waals surface area contributed by atoms with E-state index in [9.17, 15) is 10.2 Å². The zero-order chi connectivity index (χ0) is 17.3. The number of nitrogens with zero attached hydrogens (tertiary/aromatic N) is 1. The molecule has 1 aliphatic rings. The van der Waals surface area contributed by atoms with E-state index >= 15 is 0 Å². The largest absolute Gasteiger partial charge is 0.491 e. The molecule has 0 unspecified atom stereocenters. The van der Waals surface area contributed by atoms with E-state index in [0.29, 0.717) is 6.54 Å². The Labute approximate surface area is 140 Å². The SMILES string of the molecule is Cc1ccc(OC[C@H](O)CN2C(C)(C)CC(O)CC2(C)C)cc1. The molecule has 0 bridgehead atoms. The Bertz CT molecular complexity index is 492. The fourth-order valence-electron chi connectivity index (χ4n) is 3.85. The van der Waals surface area contributed by atoms with Crippen LogP contribution in [0.4, 0.5) is 0 Å². The number of hydrogen-bond donors (Lipinski definition) is 2. The molecule has 1 aromatic rings. The van der Waals surface area contributed by atoms with Gasteiger partial charge in [-0.15, -0.1) is 0 Å². The molecule has 0 radical (unpaired) electrons. The van der Waals surface area contributed by atoms with Crippen LogP contribution in [0.5, 0.6) is 5.75 Å². The maximum atomic E-state index is 10.4. The molecule has 1 aromatic carbocycles. The highest BCUT2D eigenvalue weighted by Gasteiger charge is 2.45. The molecule has 1 aliphatic heterocycles. The van der Waals surface area contributed by atoms with Crippen molar-refractivity contribution in [2.24, 2.45) is 0 Å². The number of ether oxygens (including phenoxy) is 1. The number of benzene rings is 1. The smallest absolute Gasteiger partial charge is 0.119 e. The first-order chi connectivity index (χ1) is 10.6. The van der Waals surface area contributed by atoms with Crippen molar-refractivity contribution in [3.8, 4) is 5.75 Å². The van der Waals surface area contributed by atoms with Crippen molar-refractivity contribution in [2.75, 3.05) is 13.2 Å². The van der Waals surface area contributed by atoms with Crippen LogP contribution in [0.25, 0.3) is 0 Å². The van der Waals surface area contributed by atoms with E-state index < -0.39 is 6.10 Å². The lowest BCUT2D eigenvalue weighted by Crippen LogP contribution is -2.63. The first-order valence-electron chi connectivity index (χ1n) is 8.43. The molecule has 130 valence electrons. The van der Waals surface area contributed by atoms with Crippen LogP contribution in [0.3, 0.4) is 0 Å². The van der Waals surface area contributed by atoms with E-state index in [4.69, 9.17) is 4.74 Å². The summed E-state index contributed by atoms with van der Waals surface area (Å²) in [5.41, 5.74) is 0.895. The summed E-state index contributed by atoms with van der Waals surface area (Å²) in [6.45, 7) is 11.4. The Balaban J connectivity index is 1.95. The van der Waals surface area contributed by atoms with Gasteiger partial charge in [0.15, 0.2) is 0 Å². The Morgan fingerprint density at radius 1 is 1.13 bits per heavy atom. The number of rotatable bonds is 5. The summed E-state index contributed by atoms with van der Waals surface area (Å²) in [6, 6.07) is 7.85. The van der Waals surface area contributed by atoms with Gasteiger partial charge in [0, 0.05) is 17.6 Å². The van der Waals surface area contributed by atoms with Gasteiger partial charge < -0.3 is 14.9 Å². The van der Waals surface area contributed by atoms with Crippen LogP contribution in [0.2, 0.25) is 0 Å². The Hall–Kier alpha value is -1.10. The summed E-state index contributed by atoms with van der Waals surface area (Å²) in [5, 5.41) is 20.5. The highest BCUT2D eigenvalue weighted by atomic mass is 16.5. The van der Waals surface area contributed by atoms with Gasteiger partial charge >= 0.3 is 0 Å². The van der Waals surface area contributed by atoms with Gasteiger partial charge in [0.05, 0.1) is 6.10 Å². The third-order valence-corrected chi connectivity index (χ3v) is 4.79. The highest BCUT2D eigenvalue weighted by molar-refractivity contribution is 5.26. The van der Waals surface area contributed by atoms with Gasteiger partial charge in [-0.05, 0) is 59.6 Å². The third-order valence-electron chi connectivity index (χ3n) is 4.79. The number of piperidine rings is 1. The van der Waals surface area contributed by atoms with Crippen molar-refractivity contribution in [2.45, 2.75) is 70.7 Å². The predicted octanol–water partition coefficient (Wildman–Crippen LogP) is 2.75. The van der Waals surface area contributed by atoms with Crippen molar-refractivity contribution in [3.05, 3.63) is 29.8 Å². The van der Waals surface area contributed by atoms with Gasteiger partial charge in [0.25, 0.3) is 0 Å². The average Bonchev–Trinajstić information content (AvgIpc) is 2.41. The van der Waals surface area contributed by atoms with E-state index in [-0.39, 0.29) is 23.8 Å². The molecule has 1 atom stereocenters. The minimum absolute atomic E-state index is 0.147. The van der Waals surface area contributed by atoms with Crippen LogP contribution in [-0.2, 0) is 0 Å². The molecular formula is C19H31NO3. The average molecular weight is 321 g/mol. The van der Waals surface area contributed by atoms with Crippen molar-refractivity contribution in [1.29, 1.82) is 0 Å². The zero-order valence-corrected chi connectivity index (χ0v) is 15.0. The Morgan fingerprint density at radius 2 is 1.65 bits per heavy atom. The van der Waals surface area contributed by atoms with Crippen LogP contribution in [0, 0.1) is 6.92 Å². The number of likely N-dealkylation sites (tertiary alicyclic amines) is 1. The second kappa shape index (κ2) is 6.80. The standard InChI is InChI=1S/C19H31NO3/c1-14-6-8-17(9-7-14)23-13-16(22)12-20-18(2,3)10-15(21)11-19(20,4)5/h6-9,15-16,21-22H,10-13H2,1-5H3/t16-/m1/s1. The van der Waals surface area contributed by atoms with E-state index in [1.54, 1.807) is 0 Å². The molecule has 4 nitrogen and oxygen atoms in total. The maximum absolute atomic E-state index is 10.4. The molecule has 23 heavy (non-hydrogen) atoms. The number of aryl methyl sites for hydroxylation is 1. The number of aliphatic hydroxyl groups excluding tert-OH is 2. The fourth-order valence-corrected chi connectivity index (χ4v) is 3.85. The third kappa shape index (κ3) is 4.69. The molecule has 2 N–H and O–H groups in total. The van der Waals surface area contributed by atoms with Crippen molar-refractivity contribution in [1.82, 2.24) is 4.90 Å². The monoisotopic (exact) mass is 321 g/mol. The second-order valence-corrected chi connectivity index (χ2v) is 8.08. The van der Waals surface area contributed by atoms with E-state index in [1.165, 1.54) is 5.56 Å². The minimum Gasteiger partial charge on any atom is -0.491 e. The van der Waals surface area contributed by atoms with E-state index in [2.05, 4.69) is 32.6 Å². The number of aliphatic hydroxyl groups is 2. The quantitative estimate of drug-likeness (QED) is 0.875. The summed E-state index contributed by atoms with van der Waals surface area (Å²) in [5.74, 6) is 0.780. The fraction of sp³-hybridized carbons (Fsp3) is 0.684. The minimum atomic E-state index is -0.565. The molecule has 0 spiro atoms. The van der Waals surface area contributed by atoms with Gasteiger partial charge in [0.1, 0.15) is 18.5 Å². The molecule has 0 saturated carbocycles. The lowest BCUT2D eigenvalue weighted by molar-refractivity contribution is -0.1000. The molecule has 2 rings (SSSR count). The number of β-amino-alcohol motifs (C(OH)–C–C–N with tert-alkyl or cyclic N) is 1. The normalized spacial score (nSPS) is 22.7. The Kier molecular flexibility index (Phi) is 5.39. The molecular weight excluding hydrogens is 290 g/mol. The van der Waals surface area contributed by atoms with E-state index in [1.807, 2.05) is 31.2 Å². The molecule has 1 saturated heterocycles. The zero-order valence-electron chi connectivity index (χ0n) is 15.0. The van der Waals surface area contributed by atoms with Crippen LogP contribution in [-0.4, -0.2) is 51.6 Å². The van der Waals surface area contributed by atoms with Crippen molar-refractivity contribution in [3.63, 3.8) is 0 Å². The van der Waals surface area contributed by atoms with Crippen molar-refractivity contribution < 1.29 is 14.9 Å². The lowest BCUT2D eigenvalue weighted by atomic mass is 9.78.